The highest BCUT2D eigenvalue weighted by atomic mass is 16.5. The van der Waals surface area contributed by atoms with Crippen molar-refractivity contribution in [1.82, 2.24) is 4.90 Å². The predicted octanol–water partition coefficient (Wildman–Crippen LogP) is 3.47. The molecule has 0 aliphatic heterocycles. The van der Waals surface area contributed by atoms with Gasteiger partial charge >= 0.3 is 0 Å². The molecule has 0 aliphatic carbocycles. The Bertz CT molecular complexity index is 451. The number of methoxy groups -OCH3 is 1. The summed E-state index contributed by atoms with van der Waals surface area (Å²) < 4.78 is 5.54. The molecule has 0 saturated heterocycles. The number of hydrogen-bond acceptors (Lipinski definition) is 3. The van der Waals surface area contributed by atoms with Crippen molar-refractivity contribution in [3.05, 3.63) is 28.8 Å². The summed E-state index contributed by atoms with van der Waals surface area (Å²) in [7, 11) is 1.67. The minimum atomic E-state index is -0.586. The normalized spacial score (nSPS) is 13.7. The van der Waals surface area contributed by atoms with E-state index in [9.17, 15) is 5.11 Å². The molecule has 1 atom stereocenters. The Morgan fingerprint density at radius 1 is 1.20 bits per heavy atom. The second-order valence-electron chi connectivity index (χ2n) is 5.86. The van der Waals surface area contributed by atoms with E-state index in [-0.39, 0.29) is 5.54 Å². The van der Waals surface area contributed by atoms with Gasteiger partial charge in [-0.3, -0.25) is 4.90 Å². The van der Waals surface area contributed by atoms with Crippen molar-refractivity contribution >= 4 is 0 Å². The minimum Gasteiger partial charge on any atom is -0.496 e. The summed E-state index contributed by atoms with van der Waals surface area (Å²) in [5.74, 6) is 0.803. The summed E-state index contributed by atoms with van der Waals surface area (Å²) in [4.78, 5) is 2.27. The standard InChI is InChI=1S/C17H29NO2/c1-8-18(9-2)17(5,6)16(19)14-11-10-12(3)13(4)15(14)20-7/h10-11,16,19H,8-9H2,1-7H3. The number of aryl methyl sites for hydroxylation is 1. The van der Waals surface area contributed by atoms with E-state index in [0.29, 0.717) is 0 Å². The van der Waals surface area contributed by atoms with Crippen LogP contribution < -0.4 is 4.74 Å². The zero-order valence-electron chi connectivity index (χ0n) is 13.9. The first-order chi connectivity index (χ1) is 9.31. The summed E-state index contributed by atoms with van der Waals surface area (Å²) >= 11 is 0. The summed E-state index contributed by atoms with van der Waals surface area (Å²) in [6.45, 7) is 14.3. The van der Waals surface area contributed by atoms with E-state index in [4.69, 9.17) is 4.74 Å². The maximum atomic E-state index is 10.9. The lowest BCUT2D eigenvalue weighted by atomic mass is 9.87. The third kappa shape index (κ3) is 2.99. The number of rotatable bonds is 6. The topological polar surface area (TPSA) is 32.7 Å². The van der Waals surface area contributed by atoms with Crippen molar-refractivity contribution in [1.29, 1.82) is 0 Å². The van der Waals surface area contributed by atoms with E-state index >= 15 is 0 Å². The van der Waals surface area contributed by atoms with E-state index in [1.165, 1.54) is 5.56 Å². The average Bonchev–Trinajstić information content (AvgIpc) is 2.41. The van der Waals surface area contributed by atoms with E-state index in [1.54, 1.807) is 7.11 Å². The molecule has 1 aromatic rings. The van der Waals surface area contributed by atoms with Gasteiger partial charge in [0.1, 0.15) is 11.9 Å². The number of hydrogen-bond donors (Lipinski definition) is 1. The number of nitrogens with zero attached hydrogens (tertiary/aromatic N) is 1. The molecule has 0 aliphatic rings. The van der Waals surface area contributed by atoms with Gasteiger partial charge in [0.25, 0.3) is 0 Å². The molecule has 1 unspecified atom stereocenters. The fourth-order valence-corrected chi connectivity index (χ4v) is 2.89. The Labute approximate surface area is 123 Å². The second-order valence-corrected chi connectivity index (χ2v) is 5.86. The van der Waals surface area contributed by atoms with Crippen LogP contribution in [0.15, 0.2) is 12.1 Å². The zero-order chi connectivity index (χ0) is 15.5. The van der Waals surface area contributed by atoms with Gasteiger partial charge in [0.15, 0.2) is 0 Å². The van der Waals surface area contributed by atoms with Gasteiger partial charge in [-0.1, -0.05) is 26.0 Å². The molecular formula is C17H29NO2. The Kier molecular flexibility index (Phi) is 5.60. The second kappa shape index (κ2) is 6.59. The lowest BCUT2D eigenvalue weighted by Crippen LogP contribution is -2.48. The summed E-state index contributed by atoms with van der Waals surface area (Å²) in [6.07, 6.45) is -0.586. The van der Waals surface area contributed by atoms with Crippen molar-refractivity contribution in [3.8, 4) is 5.75 Å². The van der Waals surface area contributed by atoms with Crippen molar-refractivity contribution in [2.24, 2.45) is 0 Å². The molecule has 0 saturated carbocycles. The first-order valence-corrected chi connectivity index (χ1v) is 7.38. The van der Waals surface area contributed by atoms with Crippen LogP contribution in [0.25, 0.3) is 0 Å². The molecule has 114 valence electrons. The molecule has 20 heavy (non-hydrogen) atoms. The predicted molar refractivity (Wildman–Crippen MR) is 84.4 cm³/mol. The van der Waals surface area contributed by atoms with Gasteiger partial charge in [-0.2, -0.15) is 0 Å². The molecule has 1 aromatic carbocycles. The molecule has 3 nitrogen and oxygen atoms in total. The van der Waals surface area contributed by atoms with Gasteiger partial charge in [0, 0.05) is 11.1 Å². The van der Waals surface area contributed by atoms with Crippen LogP contribution in [0.4, 0.5) is 0 Å². The van der Waals surface area contributed by atoms with Gasteiger partial charge in [0.05, 0.1) is 7.11 Å². The van der Waals surface area contributed by atoms with E-state index in [1.807, 2.05) is 13.0 Å². The third-order valence-electron chi connectivity index (χ3n) is 4.45. The fourth-order valence-electron chi connectivity index (χ4n) is 2.89. The SMILES string of the molecule is CCN(CC)C(C)(C)C(O)c1ccc(C)c(C)c1OC. The third-order valence-corrected chi connectivity index (χ3v) is 4.45. The number of ether oxygens (including phenoxy) is 1. The van der Waals surface area contributed by atoms with Crippen LogP contribution in [0.1, 0.15) is 50.5 Å². The molecule has 1 rings (SSSR count). The fraction of sp³-hybridized carbons (Fsp3) is 0.647. The van der Waals surface area contributed by atoms with Crippen molar-refractivity contribution in [2.75, 3.05) is 20.2 Å². The van der Waals surface area contributed by atoms with Crippen molar-refractivity contribution < 1.29 is 9.84 Å². The number of benzene rings is 1. The summed E-state index contributed by atoms with van der Waals surface area (Å²) in [5, 5.41) is 10.9. The lowest BCUT2D eigenvalue weighted by molar-refractivity contribution is -0.00747. The van der Waals surface area contributed by atoms with Gasteiger partial charge in [-0.05, 0) is 51.9 Å². The van der Waals surface area contributed by atoms with Crippen molar-refractivity contribution in [3.63, 3.8) is 0 Å². The maximum absolute atomic E-state index is 10.9. The van der Waals surface area contributed by atoms with E-state index in [2.05, 4.69) is 45.6 Å². The van der Waals surface area contributed by atoms with Crippen LogP contribution in [0.3, 0.4) is 0 Å². The van der Waals surface area contributed by atoms with Gasteiger partial charge in [-0.25, -0.2) is 0 Å². The number of aliphatic hydroxyl groups excluding tert-OH is 1. The average molecular weight is 279 g/mol. The Morgan fingerprint density at radius 3 is 2.20 bits per heavy atom. The molecule has 0 heterocycles. The van der Waals surface area contributed by atoms with Gasteiger partial charge in [-0.15, -0.1) is 0 Å². The van der Waals surface area contributed by atoms with Crippen LogP contribution in [0.5, 0.6) is 5.75 Å². The Balaban J connectivity index is 3.27. The van der Waals surface area contributed by atoms with Gasteiger partial charge in [0.2, 0.25) is 0 Å². The van der Waals surface area contributed by atoms with Crippen LogP contribution in [0.2, 0.25) is 0 Å². The Hall–Kier alpha value is -1.06. The minimum absolute atomic E-state index is 0.335. The van der Waals surface area contributed by atoms with Crippen LogP contribution in [-0.2, 0) is 0 Å². The van der Waals surface area contributed by atoms with Crippen molar-refractivity contribution in [2.45, 2.75) is 53.2 Å². The van der Waals surface area contributed by atoms with E-state index < -0.39 is 6.10 Å². The van der Waals surface area contributed by atoms with Crippen LogP contribution >= 0.6 is 0 Å². The smallest absolute Gasteiger partial charge is 0.127 e. The van der Waals surface area contributed by atoms with Crippen LogP contribution in [-0.4, -0.2) is 35.7 Å². The number of aliphatic hydroxyl groups is 1. The summed E-state index contributed by atoms with van der Waals surface area (Å²) in [6, 6.07) is 4.03. The molecule has 0 aromatic heterocycles. The molecule has 0 fully saturated rings. The maximum Gasteiger partial charge on any atom is 0.127 e. The highest BCUT2D eigenvalue weighted by molar-refractivity contribution is 5.47. The lowest BCUT2D eigenvalue weighted by Gasteiger charge is -2.41. The first kappa shape index (κ1) is 17.0. The molecule has 3 heteroatoms. The van der Waals surface area contributed by atoms with Gasteiger partial charge < -0.3 is 9.84 Å². The number of likely N-dealkylation sites (N-methyl/N-ethyl adjacent to an activating group) is 1. The molecule has 0 radical (unpaired) electrons. The molecule has 0 amide bonds. The molecule has 0 spiro atoms. The summed E-state index contributed by atoms with van der Waals surface area (Å²) in [5.41, 5.74) is 2.81. The Morgan fingerprint density at radius 2 is 1.75 bits per heavy atom. The monoisotopic (exact) mass is 279 g/mol. The molecule has 1 N–H and O–H groups in total. The highest BCUT2D eigenvalue weighted by Crippen LogP contribution is 2.38. The first-order valence-electron chi connectivity index (χ1n) is 7.38. The largest absolute Gasteiger partial charge is 0.496 e. The zero-order valence-corrected chi connectivity index (χ0v) is 13.9. The quantitative estimate of drug-likeness (QED) is 0.865. The molecular weight excluding hydrogens is 250 g/mol. The molecule has 0 bridgehead atoms. The van der Waals surface area contributed by atoms with Crippen LogP contribution in [0, 0.1) is 13.8 Å². The van der Waals surface area contributed by atoms with E-state index in [0.717, 1.165) is 30.0 Å². The highest BCUT2D eigenvalue weighted by Gasteiger charge is 2.35.